The van der Waals surface area contributed by atoms with Crippen LogP contribution in [0.3, 0.4) is 0 Å². The van der Waals surface area contributed by atoms with E-state index in [0.29, 0.717) is 12.2 Å². The van der Waals surface area contributed by atoms with Crippen molar-refractivity contribution in [2.24, 2.45) is 5.73 Å². The predicted molar refractivity (Wildman–Crippen MR) is 98.0 cm³/mol. The van der Waals surface area contributed by atoms with Crippen molar-refractivity contribution in [1.29, 1.82) is 0 Å². The number of amides is 1. The number of phenols is 1. The molecule has 5 heteroatoms. The molecule has 2 aromatic rings. The normalized spacial score (nSPS) is 16.6. The van der Waals surface area contributed by atoms with Gasteiger partial charge in [-0.15, -0.1) is 0 Å². The number of rotatable bonds is 5. The maximum absolute atomic E-state index is 12.5. The summed E-state index contributed by atoms with van der Waals surface area (Å²) in [6, 6.07) is 16.8. The number of benzene rings is 2. The highest BCUT2D eigenvalue weighted by molar-refractivity contribution is 5.77. The zero-order valence-corrected chi connectivity index (χ0v) is 14.3. The van der Waals surface area contributed by atoms with Gasteiger partial charge in [0.25, 0.3) is 0 Å². The van der Waals surface area contributed by atoms with E-state index in [4.69, 9.17) is 5.73 Å². The van der Waals surface area contributed by atoms with Crippen LogP contribution in [0.4, 0.5) is 0 Å². The Hall–Kier alpha value is -2.37. The first-order valence-electron chi connectivity index (χ1n) is 8.70. The Morgan fingerprint density at radius 1 is 1.04 bits per heavy atom. The molecule has 132 valence electrons. The molecule has 0 saturated carbocycles. The molecule has 1 amide bonds. The highest BCUT2D eigenvalue weighted by Gasteiger charge is 2.23. The van der Waals surface area contributed by atoms with Crippen molar-refractivity contribution in [3.8, 4) is 5.75 Å². The van der Waals surface area contributed by atoms with E-state index in [1.54, 1.807) is 12.1 Å². The molecule has 0 bridgehead atoms. The Morgan fingerprint density at radius 2 is 1.76 bits per heavy atom. The second-order valence-corrected chi connectivity index (χ2v) is 6.55. The molecule has 1 saturated heterocycles. The lowest BCUT2D eigenvalue weighted by molar-refractivity contribution is -0.133. The van der Waals surface area contributed by atoms with Gasteiger partial charge in [0.15, 0.2) is 0 Å². The summed E-state index contributed by atoms with van der Waals surface area (Å²) < 4.78 is 0. The number of phenolic OH excluding ortho intramolecular Hbond substituents is 1. The standard InChI is InChI=1S/C20H25N3O2/c21-19(17-6-2-1-3-7-17)14-20(25)23-11-9-22(10-12-23)15-16-5-4-8-18(24)13-16/h1-8,13,19,24H,9-12,14-15,21H2. The van der Waals surface area contributed by atoms with Crippen LogP contribution >= 0.6 is 0 Å². The summed E-state index contributed by atoms with van der Waals surface area (Å²) in [6.07, 6.45) is 0.344. The van der Waals surface area contributed by atoms with Gasteiger partial charge in [-0.2, -0.15) is 0 Å². The number of hydrogen-bond acceptors (Lipinski definition) is 4. The second-order valence-electron chi connectivity index (χ2n) is 6.55. The van der Waals surface area contributed by atoms with Crippen molar-refractivity contribution < 1.29 is 9.90 Å². The molecule has 2 aromatic carbocycles. The van der Waals surface area contributed by atoms with Crippen molar-refractivity contribution in [2.45, 2.75) is 19.0 Å². The Kier molecular flexibility index (Phi) is 5.68. The maximum atomic E-state index is 12.5. The van der Waals surface area contributed by atoms with Crippen LogP contribution in [-0.2, 0) is 11.3 Å². The molecule has 1 atom stereocenters. The van der Waals surface area contributed by atoms with Crippen molar-refractivity contribution in [1.82, 2.24) is 9.80 Å². The molecule has 25 heavy (non-hydrogen) atoms. The van der Waals surface area contributed by atoms with Gasteiger partial charge < -0.3 is 15.7 Å². The number of nitrogens with two attached hydrogens (primary N) is 1. The first-order chi connectivity index (χ1) is 12.1. The summed E-state index contributed by atoms with van der Waals surface area (Å²) >= 11 is 0. The minimum absolute atomic E-state index is 0.119. The number of piperazine rings is 1. The van der Waals surface area contributed by atoms with Crippen LogP contribution in [0.15, 0.2) is 54.6 Å². The highest BCUT2D eigenvalue weighted by atomic mass is 16.3. The molecule has 3 N–H and O–H groups in total. The molecule has 3 rings (SSSR count). The summed E-state index contributed by atoms with van der Waals surface area (Å²) in [7, 11) is 0. The maximum Gasteiger partial charge on any atom is 0.224 e. The van der Waals surface area contributed by atoms with E-state index in [1.807, 2.05) is 47.4 Å². The quantitative estimate of drug-likeness (QED) is 0.875. The van der Waals surface area contributed by atoms with Crippen LogP contribution in [0.5, 0.6) is 5.75 Å². The smallest absolute Gasteiger partial charge is 0.224 e. The van der Waals surface area contributed by atoms with Crippen molar-refractivity contribution >= 4 is 5.91 Å². The average Bonchev–Trinajstić information content (AvgIpc) is 2.63. The molecule has 1 heterocycles. The van der Waals surface area contributed by atoms with Crippen LogP contribution in [0.25, 0.3) is 0 Å². The van der Waals surface area contributed by atoms with Crippen molar-refractivity contribution in [3.63, 3.8) is 0 Å². The minimum Gasteiger partial charge on any atom is -0.508 e. The van der Waals surface area contributed by atoms with Crippen LogP contribution in [0.1, 0.15) is 23.6 Å². The fraction of sp³-hybridized carbons (Fsp3) is 0.350. The number of carbonyl (C=O) groups excluding carboxylic acids is 1. The Morgan fingerprint density at radius 3 is 2.44 bits per heavy atom. The van der Waals surface area contributed by atoms with Gasteiger partial charge in [0.1, 0.15) is 5.75 Å². The molecule has 0 spiro atoms. The number of hydrogen-bond donors (Lipinski definition) is 2. The largest absolute Gasteiger partial charge is 0.508 e. The van der Waals surface area contributed by atoms with E-state index < -0.39 is 0 Å². The van der Waals surface area contributed by atoms with Gasteiger partial charge in [0, 0.05) is 45.2 Å². The molecule has 1 unspecified atom stereocenters. The molecular formula is C20H25N3O2. The summed E-state index contributed by atoms with van der Waals surface area (Å²) in [5.41, 5.74) is 8.25. The van der Waals surface area contributed by atoms with Gasteiger partial charge in [-0.25, -0.2) is 0 Å². The molecule has 5 nitrogen and oxygen atoms in total. The Balaban J connectivity index is 1.47. The number of nitrogens with zero attached hydrogens (tertiary/aromatic N) is 2. The SMILES string of the molecule is NC(CC(=O)N1CCN(Cc2cccc(O)c2)CC1)c1ccccc1. The van der Waals surface area contributed by atoms with Gasteiger partial charge in [-0.05, 0) is 23.3 Å². The van der Waals surface area contributed by atoms with Crippen LogP contribution in [0, 0.1) is 0 Å². The minimum atomic E-state index is -0.251. The lowest BCUT2D eigenvalue weighted by atomic mass is 10.0. The van der Waals surface area contributed by atoms with Crippen LogP contribution in [-0.4, -0.2) is 47.0 Å². The van der Waals surface area contributed by atoms with Crippen molar-refractivity contribution in [3.05, 3.63) is 65.7 Å². The second kappa shape index (κ2) is 8.14. The van der Waals surface area contributed by atoms with E-state index in [0.717, 1.165) is 43.9 Å². The fourth-order valence-corrected chi connectivity index (χ4v) is 3.20. The third kappa shape index (κ3) is 4.81. The van der Waals surface area contributed by atoms with E-state index in [-0.39, 0.29) is 11.9 Å². The summed E-state index contributed by atoms with van der Waals surface area (Å²) in [5, 5.41) is 9.55. The van der Waals surface area contributed by atoms with Gasteiger partial charge in [0.05, 0.1) is 0 Å². The lowest BCUT2D eigenvalue weighted by Crippen LogP contribution is -2.48. The van der Waals surface area contributed by atoms with Crippen LogP contribution < -0.4 is 5.73 Å². The first-order valence-corrected chi connectivity index (χ1v) is 8.70. The molecule has 1 aliphatic heterocycles. The zero-order chi connectivity index (χ0) is 17.6. The molecule has 0 radical (unpaired) electrons. The Bertz CT molecular complexity index is 697. The molecule has 0 aromatic heterocycles. The van der Waals surface area contributed by atoms with Crippen molar-refractivity contribution in [2.75, 3.05) is 26.2 Å². The number of carbonyl (C=O) groups is 1. The zero-order valence-electron chi connectivity index (χ0n) is 14.3. The molecule has 0 aliphatic carbocycles. The molecule has 1 fully saturated rings. The predicted octanol–water partition coefficient (Wildman–Crippen LogP) is 2.13. The topological polar surface area (TPSA) is 69.8 Å². The summed E-state index contributed by atoms with van der Waals surface area (Å²) in [6.45, 7) is 3.90. The van der Waals surface area contributed by atoms with E-state index >= 15 is 0 Å². The van der Waals surface area contributed by atoms with Gasteiger partial charge in [-0.3, -0.25) is 9.69 Å². The first kappa shape index (κ1) is 17.5. The lowest BCUT2D eigenvalue weighted by Gasteiger charge is -2.35. The monoisotopic (exact) mass is 339 g/mol. The molecular weight excluding hydrogens is 314 g/mol. The van der Waals surface area contributed by atoms with Gasteiger partial charge in [-0.1, -0.05) is 42.5 Å². The third-order valence-corrected chi connectivity index (χ3v) is 4.66. The van der Waals surface area contributed by atoms with E-state index in [1.165, 1.54) is 0 Å². The highest BCUT2D eigenvalue weighted by Crippen LogP contribution is 2.17. The summed E-state index contributed by atoms with van der Waals surface area (Å²) in [5.74, 6) is 0.412. The third-order valence-electron chi connectivity index (χ3n) is 4.66. The summed E-state index contributed by atoms with van der Waals surface area (Å²) in [4.78, 5) is 16.7. The Labute approximate surface area is 148 Å². The van der Waals surface area contributed by atoms with E-state index in [9.17, 15) is 9.90 Å². The average molecular weight is 339 g/mol. The molecule has 1 aliphatic rings. The van der Waals surface area contributed by atoms with Gasteiger partial charge >= 0.3 is 0 Å². The fourth-order valence-electron chi connectivity index (χ4n) is 3.20. The number of aromatic hydroxyl groups is 1. The van der Waals surface area contributed by atoms with Gasteiger partial charge in [0.2, 0.25) is 5.91 Å². The van der Waals surface area contributed by atoms with Crippen LogP contribution in [0.2, 0.25) is 0 Å². The van der Waals surface area contributed by atoms with E-state index in [2.05, 4.69) is 4.90 Å².